The molecule has 6 heteroatoms. The van der Waals surface area contributed by atoms with Crippen LogP contribution >= 0.6 is 15.9 Å². The zero-order chi connectivity index (χ0) is 14.3. The van der Waals surface area contributed by atoms with Gasteiger partial charge in [-0.05, 0) is 17.7 Å². The Kier molecular flexibility index (Phi) is 6.52. The third-order valence-corrected chi connectivity index (χ3v) is 2.99. The van der Waals surface area contributed by atoms with Crippen molar-refractivity contribution < 1.29 is 19.4 Å². The molecule has 0 aliphatic heterocycles. The molecule has 1 rings (SSSR count). The van der Waals surface area contributed by atoms with Crippen LogP contribution in [-0.2, 0) is 14.3 Å². The fourth-order valence-corrected chi connectivity index (χ4v) is 2.03. The van der Waals surface area contributed by atoms with Crippen molar-refractivity contribution in [2.24, 2.45) is 0 Å². The van der Waals surface area contributed by atoms with Crippen molar-refractivity contribution in [1.29, 1.82) is 0 Å². The lowest BCUT2D eigenvalue weighted by molar-refractivity contribution is -0.137. The van der Waals surface area contributed by atoms with E-state index in [-0.39, 0.29) is 18.7 Å². The van der Waals surface area contributed by atoms with E-state index in [2.05, 4.69) is 21.2 Å². The van der Waals surface area contributed by atoms with Crippen molar-refractivity contribution in [3.05, 3.63) is 34.3 Å². The van der Waals surface area contributed by atoms with Gasteiger partial charge in [-0.3, -0.25) is 9.59 Å². The SMILES string of the molecule is COCCC(=O)N[C@H](CC(=O)O)c1cccc(Br)c1. The minimum Gasteiger partial charge on any atom is -0.481 e. The molecule has 0 radical (unpaired) electrons. The second kappa shape index (κ2) is 7.91. The molecular weight excluding hydrogens is 314 g/mol. The molecule has 5 nitrogen and oxygen atoms in total. The highest BCUT2D eigenvalue weighted by atomic mass is 79.9. The number of hydrogen-bond acceptors (Lipinski definition) is 3. The third-order valence-electron chi connectivity index (χ3n) is 2.50. The summed E-state index contributed by atoms with van der Waals surface area (Å²) in [6.07, 6.45) is 0.0514. The fourth-order valence-electron chi connectivity index (χ4n) is 1.61. The number of carboxylic acid groups (broad SMARTS) is 1. The number of hydrogen-bond donors (Lipinski definition) is 2. The van der Waals surface area contributed by atoms with E-state index in [1.54, 1.807) is 18.2 Å². The molecule has 0 bridgehead atoms. The number of benzene rings is 1. The van der Waals surface area contributed by atoms with Gasteiger partial charge in [0.2, 0.25) is 5.91 Å². The summed E-state index contributed by atoms with van der Waals surface area (Å²) in [6, 6.07) is 6.68. The number of aliphatic carboxylic acids is 1. The first-order valence-corrected chi connectivity index (χ1v) is 6.57. The molecule has 0 saturated heterocycles. The topological polar surface area (TPSA) is 75.6 Å². The summed E-state index contributed by atoms with van der Waals surface area (Å²) in [4.78, 5) is 22.5. The Hall–Kier alpha value is -1.40. The van der Waals surface area contributed by atoms with Crippen LogP contribution < -0.4 is 5.32 Å². The van der Waals surface area contributed by atoms with Gasteiger partial charge in [-0.25, -0.2) is 0 Å². The zero-order valence-corrected chi connectivity index (χ0v) is 12.1. The summed E-state index contributed by atoms with van der Waals surface area (Å²) in [5.74, 6) is -1.19. The number of carbonyl (C=O) groups excluding carboxylic acids is 1. The first-order valence-electron chi connectivity index (χ1n) is 5.78. The zero-order valence-electron chi connectivity index (χ0n) is 10.6. The number of amides is 1. The van der Waals surface area contributed by atoms with E-state index in [0.717, 1.165) is 10.0 Å². The van der Waals surface area contributed by atoms with Crippen molar-refractivity contribution in [2.75, 3.05) is 13.7 Å². The average molecular weight is 330 g/mol. The van der Waals surface area contributed by atoms with Gasteiger partial charge in [0.1, 0.15) is 0 Å². The Bertz CT molecular complexity index is 450. The largest absolute Gasteiger partial charge is 0.481 e. The van der Waals surface area contributed by atoms with Gasteiger partial charge >= 0.3 is 5.97 Å². The van der Waals surface area contributed by atoms with Crippen LogP contribution in [0.1, 0.15) is 24.4 Å². The summed E-state index contributed by atoms with van der Waals surface area (Å²) >= 11 is 3.32. The van der Waals surface area contributed by atoms with Crippen LogP contribution in [0.15, 0.2) is 28.7 Å². The summed E-state index contributed by atoms with van der Waals surface area (Å²) in [5, 5.41) is 11.6. The number of carbonyl (C=O) groups is 2. The smallest absolute Gasteiger partial charge is 0.305 e. The molecule has 0 fully saturated rings. The van der Waals surface area contributed by atoms with Crippen LogP contribution in [0.2, 0.25) is 0 Å². The van der Waals surface area contributed by atoms with Gasteiger partial charge < -0.3 is 15.2 Å². The second-order valence-corrected chi connectivity index (χ2v) is 4.93. The molecule has 19 heavy (non-hydrogen) atoms. The van der Waals surface area contributed by atoms with Gasteiger partial charge in [0.25, 0.3) is 0 Å². The molecule has 2 N–H and O–H groups in total. The van der Waals surface area contributed by atoms with Crippen LogP contribution in [0.25, 0.3) is 0 Å². The lowest BCUT2D eigenvalue weighted by Gasteiger charge is -2.17. The van der Waals surface area contributed by atoms with Gasteiger partial charge in [0, 0.05) is 18.0 Å². The highest BCUT2D eigenvalue weighted by molar-refractivity contribution is 9.10. The molecule has 0 spiro atoms. The predicted octanol–water partition coefficient (Wildman–Crippen LogP) is 2.12. The highest BCUT2D eigenvalue weighted by Gasteiger charge is 2.18. The van der Waals surface area contributed by atoms with Gasteiger partial charge in [0.15, 0.2) is 0 Å². The molecule has 1 atom stereocenters. The van der Waals surface area contributed by atoms with E-state index in [9.17, 15) is 9.59 Å². The first-order chi connectivity index (χ1) is 9.02. The summed E-state index contributed by atoms with van der Waals surface area (Å²) < 4.78 is 5.65. The van der Waals surface area contributed by atoms with E-state index >= 15 is 0 Å². The molecule has 0 heterocycles. The number of methoxy groups -OCH3 is 1. The lowest BCUT2D eigenvalue weighted by Crippen LogP contribution is -2.30. The van der Waals surface area contributed by atoms with Crippen molar-refractivity contribution in [2.45, 2.75) is 18.9 Å². The number of halogens is 1. The number of carboxylic acids is 1. The fraction of sp³-hybridized carbons (Fsp3) is 0.385. The molecule has 0 aromatic heterocycles. The maximum atomic E-state index is 11.7. The molecule has 0 aliphatic rings. The quantitative estimate of drug-likeness (QED) is 0.803. The first kappa shape index (κ1) is 15.7. The summed E-state index contributed by atoms with van der Waals surface area (Å²) in [7, 11) is 1.51. The van der Waals surface area contributed by atoms with Gasteiger partial charge in [0.05, 0.1) is 19.1 Å². The Morgan fingerprint density at radius 1 is 1.47 bits per heavy atom. The summed E-state index contributed by atoms with van der Waals surface area (Å²) in [6.45, 7) is 0.310. The molecular formula is C13H16BrNO4. The summed E-state index contributed by atoms with van der Waals surface area (Å²) in [5.41, 5.74) is 0.752. The third kappa shape index (κ3) is 5.85. The normalized spacial score (nSPS) is 11.9. The Morgan fingerprint density at radius 2 is 2.21 bits per heavy atom. The van der Waals surface area contributed by atoms with E-state index in [4.69, 9.17) is 9.84 Å². The van der Waals surface area contributed by atoms with Gasteiger partial charge in [-0.2, -0.15) is 0 Å². The number of nitrogens with one attached hydrogen (secondary N) is 1. The van der Waals surface area contributed by atoms with Crippen molar-refractivity contribution in [1.82, 2.24) is 5.32 Å². The maximum absolute atomic E-state index is 11.7. The standard InChI is InChI=1S/C13H16BrNO4/c1-19-6-5-12(16)15-11(8-13(17)18)9-3-2-4-10(14)7-9/h2-4,7,11H,5-6,8H2,1H3,(H,15,16)(H,17,18)/t11-/m1/s1. The maximum Gasteiger partial charge on any atom is 0.305 e. The van der Waals surface area contributed by atoms with Gasteiger partial charge in [-0.1, -0.05) is 28.1 Å². The highest BCUT2D eigenvalue weighted by Crippen LogP contribution is 2.21. The Balaban J connectivity index is 2.77. The Morgan fingerprint density at radius 3 is 2.79 bits per heavy atom. The molecule has 1 aromatic rings. The van der Waals surface area contributed by atoms with E-state index in [0.29, 0.717) is 6.61 Å². The Labute approximate surface area is 120 Å². The van der Waals surface area contributed by atoms with Crippen molar-refractivity contribution >= 4 is 27.8 Å². The second-order valence-electron chi connectivity index (χ2n) is 4.02. The predicted molar refractivity (Wildman–Crippen MR) is 73.8 cm³/mol. The minimum absolute atomic E-state index is 0.158. The van der Waals surface area contributed by atoms with Crippen LogP contribution in [-0.4, -0.2) is 30.7 Å². The van der Waals surface area contributed by atoms with Crippen molar-refractivity contribution in [3.8, 4) is 0 Å². The van der Waals surface area contributed by atoms with E-state index in [1.807, 2.05) is 6.07 Å². The molecule has 0 saturated carbocycles. The molecule has 0 unspecified atom stereocenters. The molecule has 104 valence electrons. The molecule has 0 aliphatic carbocycles. The van der Waals surface area contributed by atoms with Crippen LogP contribution in [0.5, 0.6) is 0 Å². The van der Waals surface area contributed by atoms with Crippen molar-refractivity contribution in [3.63, 3.8) is 0 Å². The number of ether oxygens (including phenoxy) is 1. The van der Waals surface area contributed by atoms with E-state index < -0.39 is 12.0 Å². The number of rotatable bonds is 7. The van der Waals surface area contributed by atoms with Crippen LogP contribution in [0.3, 0.4) is 0 Å². The lowest BCUT2D eigenvalue weighted by atomic mass is 10.0. The molecule has 1 aromatic carbocycles. The monoisotopic (exact) mass is 329 g/mol. The van der Waals surface area contributed by atoms with E-state index in [1.165, 1.54) is 7.11 Å². The van der Waals surface area contributed by atoms with Crippen LogP contribution in [0.4, 0.5) is 0 Å². The average Bonchev–Trinajstić information content (AvgIpc) is 2.35. The van der Waals surface area contributed by atoms with Gasteiger partial charge in [-0.15, -0.1) is 0 Å². The minimum atomic E-state index is -0.961. The molecule has 1 amide bonds. The van der Waals surface area contributed by atoms with Crippen LogP contribution in [0, 0.1) is 0 Å².